The van der Waals surface area contributed by atoms with E-state index >= 15 is 0 Å². The van der Waals surface area contributed by atoms with E-state index < -0.39 is 0 Å². The van der Waals surface area contributed by atoms with Gasteiger partial charge in [-0.2, -0.15) is 9.61 Å². The van der Waals surface area contributed by atoms with E-state index in [-0.39, 0.29) is 11.9 Å². The lowest BCUT2D eigenvalue weighted by Gasteiger charge is -2.34. The van der Waals surface area contributed by atoms with Gasteiger partial charge in [-0.3, -0.25) is 9.78 Å². The number of nitrogens with zero attached hydrogens (tertiary/aromatic N) is 7. The molecule has 1 aliphatic rings. The molecular formula is C20H19N7OS. The van der Waals surface area contributed by atoms with Crippen molar-refractivity contribution in [2.45, 2.75) is 24.5 Å². The van der Waals surface area contributed by atoms with Gasteiger partial charge in [0, 0.05) is 42.9 Å². The van der Waals surface area contributed by atoms with Crippen LogP contribution in [0.2, 0.25) is 0 Å². The molecule has 0 fully saturated rings. The molecule has 0 spiro atoms. The van der Waals surface area contributed by atoms with E-state index in [1.807, 2.05) is 35.2 Å². The van der Waals surface area contributed by atoms with Crippen molar-refractivity contribution in [3.8, 4) is 11.4 Å². The van der Waals surface area contributed by atoms with Crippen LogP contribution in [0.15, 0.2) is 60.0 Å². The van der Waals surface area contributed by atoms with Crippen LogP contribution >= 0.6 is 11.8 Å². The minimum atomic E-state index is 0.0809. The lowest BCUT2D eigenvalue weighted by molar-refractivity contribution is -0.131. The topological polar surface area (TPSA) is 81.2 Å². The minimum absolute atomic E-state index is 0.0809. The fraction of sp³-hybridized carbons (Fsp3) is 0.250. The maximum atomic E-state index is 12.8. The summed E-state index contributed by atoms with van der Waals surface area (Å²) in [5.41, 5.74) is 2.68. The van der Waals surface area contributed by atoms with E-state index in [0.717, 1.165) is 23.7 Å². The molecule has 1 unspecified atom stereocenters. The summed E-state index contributed by atoms with van der Waals surface area (Å²) in [6.07, 6.45) is 5.52. The molecule has 146 valence electrons. The first-order valence-corrected chi connectivity index (χ1v) is 10.4. The van der Waals surface area contributed by atoms with Gasteiger partial charge in [-0.1, -0.05) is 11.8 Å². The van der Waals surface area contributed by atoms with E-state index in [9.17, 15) is 4.79 Å². The number of pyridine rings is 1. The highest BCUT2D eigenvalue weighted by molar-refractivity contribution is 7.99. The molecule has 8 nitrogen and oxygen atoms in total. The van der Waals surface area contributed by atoms with E-state index in [0.29, 0.717) is 17.2 Å². The molecule has 5 rings (SSSR count). The van der Waals surface area contributed by atoms with E-state index in [2.05, 4.69) is 44.0 Å². The largest absolute Gasteiger partial charge is 0.348 e. The third-order valence-corrected chi connectivity index (χ3v) is 6.07. The molecule has 5 heterocycles. The Morgan fingerprint density at radius 1 is 1.17 bits per heavy atom. The molecule has 4 aromatic rings. The molecule has 29 heavy (non-hydrogen) atoms. The van der Waals surface area contributed by atoms with Crippen LogP contribution in [-0.4, -0.2) is 52.5 Å². The zero-order chi connectivity index (χ0) is 19.8. The van der Waals surface area contributed by atoms with Crippen molar-refractivity contribution in [3.63, 3.8) is 0 Å². The number of carbonyl (C=O) groups excluding carboxylic acids is 1. The summed E-state index contributed by atoms with van der Waals surface area (Å²) in [7, 11) is 0. The second kappa shape index (κ2) is 7.32. The van der Waals surface area contributed by atoms with Gasteiger partial charge >= 0.3 is 0 Å². The standard InChI is InChI=1S/C20H19N7OS/c1-14-16-5-3-9-25(16)10-11-26(14)19(28)13-29-18-7-6-17-22-23-20(27(17)24-18)15-4-2-8-21-12-15/h2-9,12,14H,10-11,13H2,1H3. The number of amides is 1. The molecule has 1 atom stereocenters. The predicted molar refractivity (Wildman–Crippen MR) is 109 cm³/mol. The highest BCUT2D eigenvalue weighted by Crippen LogP contribution is 2.27. The SMILES string of the molecule is CC1c2cccn2CCN1C(=O)CSc1ccc2nnc(-c3cccnc3)n2n1. The van der Waals surface area contributed by atoms with Gasteiger partial charge in [0.2, 0.25) is 5.91 Å². The fourth-order valence-electron chi connectivity index (χ4n) is 3.66. The van der Waals surface area contributed by atoms with Gasteiger partial charge in [0.15, 0.2) is 11.5 Å². The predicted octanol–water partition coefficient (Wildman–Crippen LogP) is 2.68. The Labute approximate surface area is 171 Å². The van der Waals surface area contributed by atoms with E-state index in [4.69, 9.17) is 0 Å². The maximum Gasteiger partial charge on any atom is 0.233 e. The smallest absolute Gasteiger partial charge is 0.233 e. The molecule has 0 aromatic carbocycles. The molecule has 0 N–H and O–H groups in total. The monoisotopic (exact) mass is 405 g/mol. The normalized spacial score (nSPS) is 16.2. The van der Waals surface area contributed by atoms with Crippen molar-refractivity contribution in [2.75, 3.05) is 12.3 Å². The quantitative estimate of drug-likeness (QED) is 0.486. The Hall–Kier alpha value is -3.20. The first-order chi connectivity index (χ1) is 14.2. The summed E-state index contributed by atoms with van der Waals surface area (Å²) in [4.78, 5) is 18.9. The number of aromatic nitrogens is 6. The van der Waals surface area contributed by atoms with Crippen LogP contribution < -0.4 is 0 Å². The fourth-order valence-corrected chi connectivity index (χ4v) is 4.40. The Morgan fingerprint density at radius 3 is 2.97 bits per heavy atom. The first kappa shape index (κ1) is 17.9. The number of carbonyl (C=O) groups is 1. The van der Waals surface area contributed by atoms with Gasteiger partial charge in [0.05, 0.1) is 11.8 Å². The van der Waals surface area contributed by atoms with Crippen LogP contribution in [0.5, 0.6) is 0 Å². The highest BCUT2D eigenvalue weighted by Gasteiger charge is 2.27. The molecule has 0 bridgehead atoms. The van der Waals surface area contributed by atoms with Crippen LogP contribution in [0.3, 0.4) is 0 Å². The van der Waals surface area contributed by atoms with Gasteiger partial charge in [0.1, 0.15) is 5.03 Å². The minimum Gasteiger partial charge on any atom is -0.348 e. The molecule has 1 aliphatic heterocycles. The van der Waals surface area contributed by atoms with E-state index in [1.54, 1.807) is 16.9 Å². The highest BCUT2D eigenvalue weighted by atomic mass is 32.2. The molecular weight excluding hydrogens is 386 g/mol. The molecule has 0 saturated heterocycles. The van der Waals surface area contributed by atoms with Gasteiger partial charge in [-0.25, -0.2) is 0 Å². The first-order valence-electron chi connectivity index (χ1n) is 9.41. The molecule has 0 saturated carbocycles. The number of rotatable bonds is 4. The van der Waals surface area contributed by atoms with Crippen LogP contribution in [-0.2, 0) is 11.3 Å². The van der Waals surface area contributed by atoms with E-state index in [1.165, 1.54) is 17.5 Å². The third-order valence-electron chi connectivity index (χ3n) is 5.16. The molecule has 4 aromatic heterocycles. The summed E-state index contributed by atoms with van der Waals surface area (Å²) < 4.78 is 3.91. The van der Waals surface area contributed by atoms with Crippen LogP contribution in [0.25, 0.3) is 17.0 Å². The Kier molecular flexibility index (Phi) is 4.51. The second-order valence-electron chi connectivity index (χ2n) is 6.89. The van der Waals surface area contributed by atoms with Crippen molar-refractivity contribution in [2.24, 2.45) is 0 Å². The molecule has 0 radical (unpaired) electrons. The molecule has 1 amide bonds. The summed E-state index contributed by atoms with van der Waals surface area (Å²) in [6.45, 7) is 3.64. The van der Waals surface area contributed by atoms with Crippen molar-refractivity contribution in [3.05, 3.63) is 60.7 Å². The van der Waals surface area contributed by atoms with Gasteiger partial charge < -0.3 is 9.47 Å². The van der Waals surface area contributed by atoms with Crippen LogP contribution in [0, 0.1) is 0 Å². The second-order valence-corrected chi connectivity index (χ2v) is 7.88. The van der Waals surface area contributed by atoms with Crippen molar-refractivity contribution in [1.82, 2.24) is 34.3 Å². The van der Waals surface area contributed by atoms with Crippen molar-refractivity contribution in [1.29, 1.82) is 0 Å². The van der Waals surface area contributed by atoms with Crippen molar-refractivity contribution < 1.29 is 4.79 Å². The van der Waals surface area contributed by atoms with Gasteiger partial charge in [0.25, 0.3) is 0 Å². The van der Waals surface area contributed by atoms with Crippen LogP contribution in [0.1, 0.15) is 18.7 Å². The van der Waals surface area contributed by atoms with Crippen molar-refractivity contribution >= 4 is 23.3 Å². The average molecular weight is 405 g/mol. The molecule has 0 aliphatic carbocycles. The Balaban J connectivity index is 1.33. The summed E-state index contributed by atoms with van der Waals surface area (Å²) in [5, 5.41) is 13.8. The van der Waals surface area contributed by atoms with Gasteiger partial charge in [-0.15, -0.1) is 10.2 Å². The Morgan fingerprint density at radius 2 is 2.10 bits per heavy atom. The number of fused-ring (bicyclic) bond motifs is 2. The lowest BCUT2D eigenvalue weighted by Crippen LogP contribution is -2.41. The number of hydrogen-bond acceptors (Lipinski definition) is 6. The Bertz CT molecular complexity index is 1170. The summed E-state index contributed by atoms with van der Waals surface area (Å²) >= 11 is 1.43. The zero-order valence-electron chi connectivity index (χ0n) is 15.8. The number of hydrogen-bond donors (Lipinski definition) is 0. The van der Waals surface area contributed by atoms with Crippen LogP contribution in [0.4, 0.5) is 0 Å². The third kappa shape index (κ3) is 3.27. The zero-order valence-corrected chi connectivity index (χ0v) is 16.7. The molecule has 9 heteroatoms. The summed E-state index contributed by atoms with van der Waals surface area (Å²) in [5.74, 6) is 1.09. The average Bonchev–Trinajstić information content (AvgIpc) is 3.40. The number of thioether (sulfide) groups is 1. The summed E-state index contributed by atoms with van der Waals surface area (Å²) in [6, 6.07) is 11.7. The van der Waals surface area contributed by atoms with Gasteiger partial charge in [-0.05, 0) is 43.3 Å². The lowest BCUT2D eigenvalue weighted by atomic mass is 10.1. The maximum absolute atomic E-state index is 12.8.